The van der Waals surface area contributed by atoms with E-state index in [1.807, 2.05) is 38.1 Å². The van der Waals surface area contributed by atoms with E-state index in [0.717, 1.165) is 22.1 Å². The zero-order valence-electron chi connectivity index (χ0n) is 13.5. The average Bonchev–Trinajstić information content (AvgIpc) is 2.99. The van der Waals surface area contributed by atoms with Gasteiger partial charge in [-0.05, 0) is 31.9 Å². The second kappa shape index (κ2) is 8.88. The molecule has 2 rings (SSSR count). The van der Waals surface area contributed by atoms with Crippen LogP contribution in [0.25, 0.3) is 0 Å². The van der Waals surface area contributed by atoms with E-state index in [0.29, 0.717) is 17.3 Å². The van der Waals surface area contributed by atoms with Crippen LogP contribution in [0, 0.1) is 6.92 Å². The van der Waals surface area contributed by atoms with Crippen LogP contribution in [0.3, 0.4) is 0 Å². The number of carbonyl (C=O) groups excluding carboxylic acids is 1. The quantitative estimate of drug-likeness (QED) is 0.572. The third-order valence-electron chi connectivity index (χ3n) is 3.03. The largest absolute Gasteiger partial charge is 0.481 e. The molecule has 124 valence electrons. The summed E-state index contributed by atoms with van der Waals surface area (Å²) < 4.78 is 6.63. The molecule has 7 heteroatoms. The van der Waals surface area contributed by atoms with Gasteiger partial charge in [0.15, 0.2) is 10.4 Å². The molecule has 1 N–H and O–H groups in total. The maximum absolute atomic E-state index is 12.3. The number of anilines is 1. The third kappa shape index (κ3) is 5.51. The van der Waals surface area contributed by atoms with Crippen molar-refractivity contribution in [2.75, 3.05) is 11.1 Å². The lowest BCUT2D eigenvalue weighted by Crippen LogP contribution is -2.32. The molecule has 1 atom stereocenters. The van der Waals surface area contributed by atoms with Crippen molar-refractivity contribution in [3.8, 4) is 5.75 Å². The van der Waals surface area contributed by atoms with Crippen molar-refractivity contribution in [2.45, 2.75) is 44.1 Å². The van der Waals surface area contributed by atoms with Gasteiger partial charge < -0.3 is 4.74 Å². The van der Waals surface area contributed by atoms with Gasteiger partial charge >= 0.3 is 0 Å². The Morgan fingerprint density at radius 2 is 2.04 bits per heavy atom. The summed E-state index contributed by atoms with van der Waals surface area (Å²) in [6.45, 7) is 6.05. The number of thioether (sulfide) groups is 1. The minimum Gasteiger partial charge on any atom is -0.481 e. The smallest absolute Gasteiger partial charge is 0.267 e. The summed E-state index contributed by atoms with van der Waals surface area (Å²) in [5.74, 6) is 1.49. The summed E-state index contributed by atoms with van der Waals surface area (Å²) in [5.41, 5.74) is 1.15. The van der Waals surface area contributed by atoms with Gasteiger partial charge in [-0.1, -0.05) is 54.6 Å². The molecule has 0 aliphatic heterocycles. The number of amides is 1. The maximum atomic E-state index is 12.3. The Bertz CT molecular complexity index is 629. The number of ether oxygens (including phenoxy) is 1. The summed E-state index contributed by atoms with van der Waals surface area (Å²) in [6.07, 6.45) is 1.11. The number of rotatable bonds is 8. The molecule has 1 heterocycles. The molecule has 0 saturated heterocycles. The van der Waals surface area contributed by atoms with Crippen molar-refractivity contribution < 1.29 is 9.53 Å². The van der Waals surface area contributed by atoms with E-state index in [9.17, 15) is 4.79 Å². The van der Waals surface area contributed by atoms with Crippen LogP contribution in [-0.4, -0.2) is 28.0 Å². The molecule has 0 aliphatic carbocycles. The second-order valence-electron chi connectivity index (χ2n) is 5.04. The van der Waals surface area contributed by atoms with Crippen LogP contribution < -0.4 is 10.1 Å². The number of benzene rings is 1. The van der Waals surface area contributed by atoms with Gasteiger partial charge in [-0.2, -0.15) is 0 Å². The third-order valence-corrected chi connectivity index (χ3v) is 5.21. The normalized spacial score (nSPS) is 12.0. The van der Waals surface area contributed by atoms with Crippen LogP contribution in [-0.2, 0) is 4.79 Å². The number of aryl methyl sites for hydroxylation is 1. The Morgan fingerprint density at radius 1 is 1.30 bits per heavy atom. The Kier molecular flexibility index (Phi) is 6.85. The summed E-state index contributed by atoms with van der Waals surface area (Å²) in [5, 5.41) is 11.4. The first-order valence-corrected chi connectivity index (χ1v) is 9.43. The molecule has 0 aliphatic rings. The Hall–Kier alpha value is -1.60. The average molecular weight is 351 g/mol. The van der Waals surface area contributed by atoms with E-state index in [-0.39, 0.29) is 5.91 Å². The molecule has 0 saturated carbocycles. The van der Waals surface area contributed by atoms with Gasteiger partial charge in [0.05, 0.1) is 0 Å². The van der Waals surface area contributed by atoms with Crippen molar-refractivity contribution in [3.63, 3.8) is 0 Å². The number of carbonyl (C=O) groups is 1. The molecule has 1 amide bonds. The molecular weight excluding hydrogens is 330 g/mol. The highest BCUT2D eigenvalue weighted by atomic mass is 32.2. The van der Waals surface area contributed by atoms with E-state index in [2.05, 4.69) is 22.4 Å². The van der Waals surface area contributed by atoms with Crippen molar-refractivity contribution >= 4 is 34.1 Å². The molecular formula is C16H21N3O2S2. The van der Waals surface area contributed by atoms with Gasteiger partial charge in [-0.3, -0.25) is 10.1 Å². The first-order chi connectivity index (χ1) is 11.1. The lowest BCUT2D eigenvalue weighted by molar-refractivity contribution is -0.122. The number of nitrogens with one attached hydrogen (secondary N) is 1. The van der Waals surface area contributed by atoms with Crippen LogP contribution in [0.15, 0.2) is 28.6 Å². The lowest BCUT2D eigenvalue weighted by atomic mass is 10.2. The molecule has 1 aromatic heterocycles. The molecule has 5 nitrogen and oxygen atoms in total. The van der Waals surface area contributed by atoms with E-state index in [1.54, 1.807) is 11.8 Å². The molecule has 0 unspecified atom stereocenters. The highest BCUT2D eigenvalue weighted by Gasteiger charge is 2.20. The van der Waals surface area contributed by atoms with Gasteiger partial charge in [-0.25, -0.2) is 0 Å². The molecule has 0 spiro atoms. The van der Waals surface area contributed by atoms with Crippen LogP contribution in [0.4, 0.5) is 5.13 Å². The Morgan fingerprint density at radius 3 is 2.70 bits per heavy atom. The topological polar surface area (TPSA) is 64.1 Å². The van der Waals surface area contributed by atoms with Gasteiger partial charge in [0.25, 0.3) is 5.91 Å². The Labute approximate surface area is 144 Å². The molecule has 2 aromatic rings. The fourth-order valence-electron chi connectivity index (χ4n) is 1.80. The first-order valence-electron chi connectivity index (χ1n) is 7.62. The molecule has 23 heavy (non-hydrogen) atoms. The van der Waals surface area contributed by atoms with Gasteiger partial charge in [0.2, 0.25) is 5.13 Å². The molecule has 0 bridgehead atoms. The predicted molar refractivity (Wildman–Crippen MR) is 95.4 cm³/mol. The summed E-state index contributed by atoms with van der Waals surface area (Å²) in [6, 6.07) is 7.66. The van der Waals surface area contributed by atoms with E-state index < -0.39 is 6.10 Å². The van der Waals surface area contributed by atoms with Crippen molar-refractivity contribution in [3.05, 3.63) is 29.8 Å². The van der Waals surface area contributed by atoms with E-state index in [4.69, 9.17) is 4.74 Å². The number of nitrogens with zero attached hydrogens (tertiary/aromatic N) is 2. The molecule has 0 radical (unpaired) electrons. The molecule has 1 aromatic carbocycles. The summed E-state index contributed by atoms with van der Waals surface area (Å²) >= 11 is 3.04. The lowest BCUT2D eigenvalue weighted by Gasteiger charge is -2.16. The van der Waals surface area contributed by atoms with Gasteiger partial charge in [-0.15, -0.1) is 10.2 Å². The fourth-order valence-corrected chi connectivity index (χ4v) is 3.48. The highest BCUT2D eigenvalue weighted by Crippen LogP contribution is 2.26. The highest BCUT2D eigenvalue weighted by molar-refractivity contribution is 8.01. The summed E-state index contributed by atoms with van der Waals surface area (Å²) in [4.78, 5) is 12.3. The zero-order valence-corrected chi connectivity index (χ0v) is 15.2. The SMILES string of the molecule is CCCSc1nnc(NC(=O)[C@@H](CC)Oc2ccc(C)cc2)s1. The predicted octanol–water partition coefficient (Wildman–Crippen LogP) is 4.14. The number of aromatic nitrogens is 2. The zero-order chi connectivity index (χ0) is 16.7. The standard InChI is InChI=1S/C16H21N3O2S2/c1-4-10-22-16-19-18-15(23-16)17-14(20)13(5-2)21-12-8-6-11(3)7-9-12/h6-9,13H,4-5,10H2,1-3H3,(H,17,18,20)/t13-/m1/s1. The summed E-state index contributed by atoms with van der Waals surface area (Å²) in [7, 11) is 0. The first kappa shape index (κ1) is 17.7. The number of hydrogen-bond acceptors (Lipinski definition) is 6. The van der Waals surface area contributed by atoms with Crippen molar-refractivity contribution in [1.82, 2.24) is 10.2 Å². The maximum Gasteiger partial charge on any atom is 0.267 e. The minimum atomic E-state index is -0.548. The second-order valence-corrected chi connectivity index (χ2v) is 7.36. The van der Waals surface area contributed by atoms with E-state index >= 15 is 0 Å². The van der Waals surface area contributed by atoms with Gasteiger partial charge in [0, 0.05) is 5.75 Å². The van der Waals surface area contributed by atoms with Crippen molar-refractivity contribution in [1.29, 1.82) is 0 Å². The van der Waals surface area contributed by atoms with Crippen LogP contribution in [0.5, 0.6) is 5.75 Å². The Balaban J connectivity index is 1.94. The fraction of sp³-hybridized carbons (Fsp3) is 0.438. The monoisotopic (exact) mass is 351 g/mol. The minimum absolute atomic E-state index is 0.198. The van der Waals surface area contributed by atoms with Crippen LogP contribution >= 0.6 is 23.1 Å². The van der Waals surface area contributed by atoms with Gasteiger partial charge in [0.1, 0.15) is 5.75 Å². The van der Waals surface area contributed by atoms with Crippen LogP contribution in [0.2, 0.25) is 0 Å². The van der Waals surface area contributed by atoms with Crippen LogP contribution in [0.1, 0.15) is 32.3 Å². The number of hydrogen-bond donors (Lipinski definition) is 1. The van der Waals surface area contributed by atoms with E-state index in [1.165, 1.54) is 11.3 Å². The van der Waals surface area contributed by atoms with Crippen molar-refractivity contribution in [2.24, 2.45) is 0 Å². The molecule has 0 fully saturated rings.